The second-order valence-corrected chi connectivity index (χ2v) is 10.0. The summed E-state index contributed by atoms with van der Waals surface area (Å²) in [6.45, 7) is 1.02. The molecular weight excluding hydrogens is 455 g/mol. The number of benzene rings is 2. The zero-order valence-electron chi connectivity index (χ0n) is 15.6. The Balaban J connectivity index is 1.53. The van der Waals surface area contributed by atoms with E-state index in [0.29, 0.717) is 30.8 Å². The molecule has 1 aliphatic rings. The standard InChI is InChI=1S/C20H21Cl3N2O3S/c21-16-6-4-14(5-7-16)8-11-24-20(26)15-9-12-25(13-10-15)29(27,28)19-17(22)2-1-3-18(19)23/h1-7,15H,8-13H2,(H,24,26). The lowest BCUT2D eigenvalue weighted by Crippen LogP contribution is -2.43. The average Bonchev–Trinajstić information content (AvgIpc) is 2.69. The van der Waals surface area contributed by atoms with Crippen molar-refractivity contribution in [1.82, 2.24) is 9.62 Å². The van der Waals surface area contributed by atoms with Gasteiger partial charge in [-0.25, -0.2) is 8.42 Å². The van der Waals surface area contributed by atoms with Crippen LogP contribution < -0.4 is 5.32 Å². The number of rotatable bonds is 6. The Hall–Kier alpha value is -1.31. The Bertz CT molecular complexity index is 953. The summed E-state index contributed by atoms with van der Waals surface area (Å²) in [6.07, 6.45) is 1.61. The van der Waals surface area contributed by atoms with Crippen molar-refractivity contribution in [3.8, 4) is 0 Å². The zero-order chi connectivity index (χ0) is 21.0. The summed E-state index contributed by atoms with van der Waals surface area (Å²) < 4.78 is 27.2. The largest absolute Gasteiger partial charge is 0.356 e. The number of carbonyl (C=O) groups is 1. The average molecular weight is 476 g/mol. The van der Waals surface area contributed by atoms with Crippen molar-refractivity contribution < 1.29 is 13.2 Å². The highest BCUT2D eigenvalue weighted by molar-refractivity contribution is 7.89. The Kier molecular flexibility index (Phi) is 7.46. The van der Waals surface area contributed by atoms with E-state index in [0.717, 1.165) is 5.56 Å². The van der Waals surface area contributed by atoms with Crippen LogP contribution in [0.4, 0.5) is 0 Å². The van der Waals surface area contributed by atoms with Gasteiger partial charge in [0, 0.05) is 30.6 Å². The van der Waals surface area contributed by atoms with E-state index in [2.05, 4.69) is 5.32 Å². The third kappa shape index (κ3) is 5.44. The monoisotopic (exact) mass is 474 g/mol. The van der Waals surface area contributed by atoms with Crippen molar-refractivity contribution in [3.05, 3.63) is 63.1 Å². The van der Waals surface area contributed by atoms with Crippen LogP contribution in [0.3, 0.4) is 0 Å². The zero-order valence-corrected chi connectivity index (χ0v) is 18.7. The van der Waals surface area contributed by atoms with E-state index in [1.165, 1.54) is 16.4 Å². The molecule has 1 saturated heterocycles. The van der Waals surface area contributed by atoms with Crippen LogP contribution in [0, 0.1) is 5.92 Å². The quantitative estimate of drug-likeness (QED) is 0.673. The predicted octanol–water partition coefficient (Wildman–Crippen LogP) is 4.41. The molecule has 0 atom stereocenters. The van der Waals surface area contributed by atoms with Gasteiger partial charge < -0.3 is 5.32 Å². The number of sulfonamides is 1. The summed E-state index contributed by atoms with van der Waals surface area (Å²) in [7, 11) is -3.80. The van der Waals surface area contributed by atoms with Gasteiger partial charge in [0.1, 0.15) is 4.90 Å². The molecule has 3 rings (SSSR count). The van der Waals surface area contributed by atoms with Crippen molar-refractivity contribution in [2.45, 2.75) is 24.2 Å². The van der Waals surface area contributed by atoms with Crippen LogP contribution >= 0.6 is 34.8 Å². The highest BCUT2D eigenvalue weighted by Gasteiger charge is 2.34. The van der Waals surface area contributed by atoms with Gasteiger partial charge in [-0.05, 0) is 49.1 Å². The summed E-state index contributed by atoms with van der Waals surface area (Å²) in [5.41, 5.74) is 1.09. The summed E-state index contributed by atoms with van der Waals surface area (Å²) in [6, 6.07) is 12.1. The van der Waals surface area contributed by atoms with Crippen molar-refractivity contribution in [2.75, 3.05) is 19.6 Å². The lowest BCUT2D eigenvalue weighted by molar-refractivity contribution is -0.126. The third-order valence-corrected chi connectivity index (χ3v) is 8.07. The van der Waals surface area contributed by atoms with Gasteiger partial charge in [0.25, 0.3) is 0 Å². The van der Waals surface area contributed by atoms with Crippen LogP contribution in [0.15, 0.2) is 47.4 Å². The first-order valence-electron chi connectivity index (χ1n) is 9.25. The molecule has 0 saturated carbocycles. The fourth-order valence-corrected chi connectivity index (χ4v) is 6.03. The highest BCUT2D eigenvalue weighted by atomic mass is 35.5. The van der Waals surface area contributed by atoms with Crippen LogP contribution in [-0.4, -0.2) is 38.3 Å². The van der Waals surface area contributed by atoms with Crippen LogP contribution in [0.1, 0.15) is 18.4 Å². The number of nitrogens with zero attached hydrogens (tertiary/aromatic N) is 1. The maximum Gasteiger partial charge on any atom is 0.246 e. The maximum absolute atomic E-state index is 12.9. The Morgan fingerprint density at radius 1 is 1.00 bits per heavy atom. The van der Waals surface area contributed by atoms with Gasteiger partial charge in [-0.3, -0.25) is 4.79 Å². The summed E-state index contributed by atoms with van der Waals surface area (Å²) in [5, 5.41) is 3.81. The molecule has 1 amide bonds. The lowest BCUT2D eigenvalue weighted by Gasteiger charge is -2.31. The number of hydrogen-bond acceptors (Lipinski definition) is 3. The third-order valence-electron chi connectivity index (χ3n) is 4.97. The molecule has 0 spiro atoms. The molecule has 1 N–H and O–H groups in total. The molecule has 1 heterocycles. The molecule has 156 valence electrons. The first-order valence-corrected chi connectivity index (χ1v) is 11.8. The van der Waals surface area contributed by atoms with E-state index in [-0.39, 0.29) is 39.9 Å². The van der Waals surface area contributed by atoms with Crippen molar-refractivity contribution in [2.24, 2.45) is 5.92 Å². The van der Waals surface area contributed by atoms with Crippen LogP contribution in [0.5, 0.6) is 0 Å². The normalized spacial score (nSPS) is 16.0. The molecular formula is C20H21Cl3N2O3S. The minimum absolute atomic E-state index is 0.0493. The Morgan fingerprint density at radius 2 is 1.59 bits per heavy atom. The molecule has 9 heteroatoms. The topological polar surface area (TPSA) is 66.5 Å². The second kappa shape index (κ2) is 9.67. The molecule has 5 nitrogen and oxygen atoms in total. The number of halogens is 3. The number of amides is 1. The first kappa shape index (κ1) is 22.4. The molecule has 0 unspecified atom stereocenters. The van der Waals surface area contributed by atoms with Gasteiger partial charge in [-0.15, -0.1) is 0 Å². The molecule has 0 bridgehead atoms. The van der Waals surface area contributed by atoms with E-state index in [4.69, 9.17) is 34.8 Å². The first-order chi connectivity index (χ1) is 13.8. The fraction of sp³-hybridized carbons (Fsp3) is 0.350. The lowest BCUT2D eigenvalue weighted by atomic mass is 9.97. The molecule has 0 aromatic heterocycles. The van der Waals surface area contributed by atoms with Gasteiger partial charge in [0.15, 0.2) is 0 Å². The SMILES string of the molecule is O=C(NCCc1ccc(Cl)cc1)C1CCN(S(=O)(=O)c2c(Cl)cccc2Cl)CC1. The van der Waals surface area contributed by atoms with E-state index in [1.54, 1.807) is 6.07 Å². The molecule has 1 fully saturated rings. The van der Waals surface area contributed by atoms with E-state index in [9.17, 15) is 13.2 Å². The summed E-state index contributed by atoms with van der Waals surface area (Å²) >= 11 is 18.0. The Labute approximate surface area is 186 Å². The number of hydrogen-bond donors (Lipinski definition) is 1. The molecule has 0 aliphatic carbocycles. The molecule has 2 aromatic carbocycles. The van der Waals surface area contributed by atoms with E-state index < -0.39 is 10.0 Å². The van der Waals surface area contributed by atoms with Crippen LogP contribution in [-0.2, 0) is 21.2 Å². The predicted molar refractivity (Wildman–Crippen MR) is 116 cm³/mol. The van der Waals surface area contributed by atoms with Crippen molar-refractivity contribution in [3.63, 3.8) is 0 Å². The van der Waals surface area contributed by atoms with E-state index >= 15 is 0 Å². The minimum Gasteiger partial charge on any atom is -0.356 e. The number of piperidine rings is 1. The van der Waals surface area contributed by atoms with Gasteiger partial charge in [0.2, 0.25) is 15.9 Å². The van der Waals surface area contributed by atoms with E-state index in [1.807, 2.05) is 24.3 Å². The van der Waals surface area contributed by atoms with Crippen molar-refractivity contribution in [1.29, 1.82) is 0 Å². The summed E-state index contributed by atoms with van der Waals surface area (Å²) in [5.74, 6) is -0.264. The smallest absolute Gasteiger partial charge is 0.246 e. The molecule has 2 aromatic rings. The van der Waals surface area contributed by atoms with Gasteiger partial charge in [-0.2, -0.15) is 4.31 Å². The highest BCUT2D eigenvalue weighted by Crippen LogP contribution is 2.33. The Morgan fingerprint density at radius 3 is 2.17 bits per heavy atom. The minimum atomic E-state index is -3.80. The van der Waals surface area contributed by atoms with Gasteiger partial charge in [0.05, 0.1) is 10.0 Å². The van der Waals surface area contributed by atoms with Crippen LogP contribution in [0.25, 0.3) is 0 Å². The summed E-state index contributed by atoms with van der Waals surface area (Å²) in [4.78, 5) is 12.4. The van der Waals surface area contributed by atoms with Crippen LogP contribution in [0.2, 0.25) is 15.1 Å². The fourth-order valence-electron chi connectivity index (χ4n) is 3.34. The number of carbonyl (C=O) groups excluding carboxylic acids is 1. The van der Waals surface area contributed by atoms with Gasteiger partial charge >= 0.3 is 0 Å². The molecule has 1 aliphatic heterocycles. The maximum atomic E-state index is 12.9. The number of nitrogens with one attached hydrogen (secondary N) is 1. The van der Waals surface area contributed by atoms with Gasteiger partial charge in [-0.1, -0.05) is 53.0 Å². The molecule has 29 heavy (non-hydrogen) atoms. The molecule has 0 radical (unpaired) electrons. The second-order valence-electron chi connectivity index (χ2n) is 6.90. The van der Waals surface area contributed by atoms with Crippen molar-refractivity contribution >= 4 is 50.7 Å².